The lowest BCUT2D eigenvalue weighted by atomic mass is 9.80. The molecule has 0 aliphatic carbocycles. The predicted octanol–water partition coefficient (Wildman–Crippen LogP) is 2.14. The maximum absolute atomic E-state index is 9.05. The molecular formula is C15H14BNO2S. The number of thioether (sulfide) groups is 1. The summed E-state index contributed by atoms with van der Waals surface area (Å²) in [5.41, 5.74) is 2.82. The normalized spacial score (nSPS) is 10.9. The molecule has 0 spiro atoms. The van der Waals surface area contributed by atoms with E-state index in [0.717, 1.165) is 21.9 Å². The van der Waals surface area contributed by atoms with E-state index in [2.05, 4.69) is 23.2 Å². The van der Waals surface area contributed by atoms with Gasteiger partial charge in [-0.15, -0.1) is 11.8 Å². The summed E-state index contributed by atoms with van der Waals surface area (Å²) in [4.78, 5) is 3.38. The van der Waals surface area contributed by atoms with Crippen molar-refractivity contribution >= 4 is 35.2 Å². The minimum Gasteiger partial charge on any atom is -0.423 e. The Morgan fingerprint density at radius 3 is 2.45 bits per heavy atom. The van der Waals surface area contributed by atoms with Gasteiger partial charge in [0, 0.05) is 16.7 Å². The molecule has 0 radical (unpaired) electrons. The molecule has 2 aromatic carbocycles. The SMILES string of the molecule is OB(O)c1ccc(CSc2cc3ccccc3[nH]2)cc1. The fourth-order valence-corrected chi connectivity index (χ4v) is 2.98. The largest absolute Gasteiger partial charge is 0.488 e. The topological polar surface area (TPSA) is 56.2 Å². The maximum Gasteiger partial charge on any atom is 0.488 e. The van der Waals surface area contributed by atoms with Gasteiger partial charge in [0.15, 0.2) is 0 Å². The van der Waals surface area contributed by atoms with Gasteiger partial charge < -0.3 is 15.0 Å². The lowest BCUT2D eigenvalue weighted by Crippen LogP contribution is -2.29. The Morgan fingerprint density at radius 2 is 1.75 bits per heavy atom. The van der Waals surface area contributed by atoms with Crippen molar-refractivity contribution in [1.82, 2.24) is 4.98 Å². The third-order valence-electron chi connectivity index (χ3n) is 3.18. The van der Waals surface area contributed by atoms with Crippen molar-refractivity contribution in [2.75, 3.05) is 0 Å². The Hall–Kier alpha value is -1.69. The quantitative estimate of drug-likeness (QED) is 0.508. The molecule has 0 saturated carbocycles. The van der Waals surface area contributed by atoms with E-state index in [9.17, 15) is 0 Å². The molecule has 0 fully saturated rings. The zero-order chi connectivity index (χ0) is 13.9. The molecule has 3 aromatic rings. The first-order valence-corrected chi connectivity index (χ1v) is 7.36. The molecule has 0 atom stereocenters. The van der Waals surface area contributed by atoms with Crippen LogP contribution in [0.15, 0.2) is 59.6 Å². The minimum atomic E-state index is -1.40. The molecule has 3 rings (SSSR count). The molecule has 0 aliphatic heterocycles. The summed E-state index contributed by atoms with van der Waals surface area (Å²) in [6, 6.07) is 17.7. The van der Waals surface area contributed by atoms with Crippen LogP contribution in [0.2, 0.25) is 0 Å². The Balaban J connectivity index is 1.69. The van der Waals surface area contributed by atoms with Gasteiger partial charge in [-0.2, -0.15) is 0 Å². The molecule has 0 amide bonds. The van der Waals surface area contributed by atoms with Crippen molar-refractivity contribution < 1.29 is 10.0 Å². The number of hydrogen-bond donors (Lipinski definition) is 3. The highest BCUT2D eigenvalue weighted by molar-refractivity contribution is 7.98. The summed E-state index contributed by atoms with van der Waals surface area (Å²) in [6.45, 7) is 0. The van der Waals surface area contributed by atoms with E-state index in [4.69, 9.17) is 10.0 Å². The van der Waals surface area contributed by atoms with Crippen molar-refractivity contribution in [2.45, 2.75) is 10.8 Å². The summed E-state index contributed by atoms with van der Waals surface area (Å²) in [6.07, 6.45) is 0. The molecule has 0 bridgehead atoms. The van der Waals surface area contributed by atoms with Gasteiger partial charge in [-0.25, -0.2) is 0 Å². The maximum atomic E-state index is 9.05. The standard InChI is InChI=1S/C15H14BNO2S/c18-16(19)13-7-5-11(6-8-13)10-20-15-9-12-3-1-2-4-14(12)17-15/h1-9,17-19H,10H2. The van der Waals surface area contributed by atoms with Crippen molar-refractivity contribution in [2.24, 2.45) is 0 Å². The molecule has 0 saturated heterocycles. The van der Waals surface area contributed by atoms with Crippen LogP contribution in [0, 0.1) is 0 Å². The highest BCUT2D eigenvalue weighted by Gasteiger charge is 2.09. The van der Waals surface area contributed by atoms with Crippen LogP contribution in [-0.2, 0) is 5.75 Å². The first-order valence-electron chi connectivity index (χ1n) is 6.38. The second-order valence-corrected chi connectivity index (χ2v) is 5.64. The minimum absolute atomic E-state index is 0.518. The van der Waals surface area contributed by atoms with Gasteiger partial charge in [-0.1, -0.05) is 42.5 Å². The Bertz CT molecular complexity index is 676. The first kappa shape index (κ1) is 13.3. The van der Waals surface area contributed by atoms with Crippen molar-refractivity contribution in [3.05, 3.63) is 60.2 Å². The highest BCUT2D eigenvalue weighted by atomic mass is 32.2. The zero-order valence-corrected chi connectivity index (χ0v) is 11.6. The van der Waals surface area contributed by atoms with Gasteiger partial charge in [0.1, 0.15) is 0 Å². The summed E-state index contributed by atoms with van der Waals surface area (Å²) in [5.74, 6) is 0.842. The Labute approximate surface area is 121 Å². The third kappa shape index (κ3) is 2.90. The molecule has 0 aliphatic rings. The van der Waals surface area contributed by atoms with Gasteiger partial charge >= 0.3 is 7.12 Å². The Kier molecular flexibility index (Phi) is 3.82. The number of para-hydroxylation sites is 1. The van der Waals surface area contributed by atoms with Crippen LogP contribution in [0.5, 0.6) is 0 Å². The summed E-state index contributed by atoms with van der Waals surface area (Å²) < 4.78 is 0. The number of fused-ring (bicyclic) bond motifs is 1. The average Bonchev–Trinajstić information content (AvgIpc) is 2.88. The number of rotatable bonds is 4. The van der Waals surface area contributed by atoms with Crippen molar-refractivity contribution in [1.29, 1.82) is 0 Å². The molecule has 3 nitrogen and oxygen atoms in total. The predicted molar refractivity (Wildman–Crippen MR) is 84.1 cm³/mol. The lowest BCUT2D eigenvalue weighted by Gasteiger charge is -2.02. The first-order chi connectivity index (χ1) is 9.72. The second kappa shape index (κ2) is 5.75. The fraction of sp³-hybridized carbons (Fsp3) is 0.0667. The molecule has 20 heavy (non-hydrogen) atoms. The van der Waals surface area contributed by atoms with Crippen LogP contribution in [0.25, 0.3) is 10.9 Å². The van der Waals surface area contributed by atoms with E-state index in [1.165, 1.54) is 5.39 Å². The summed E-state index contributed by atoms with van der Waals surface area (Å²) >= 11 is 1.73. The van der Waals surface area contributed by atoms with Crippen LogP contribution in [0.4, 0.5) is 0 Å². The van der Waals surface area contributed by atoms with E-state index in [-0.39, 0.29) is 0 Å². The van der Waals surface area contributed by atoms with Crippen molar-refractivity contribution in [3.63, 3.8) is 0 Å². The van der Waals surface area contributed by atoms with Gasteiger partial charge in [-0.3, -0.25) is 0 Å². The molecule has 100 valence electrons. The van der Waals surface area contributed by atoms with Crippen LogP contribution in [0.1, 0.15) is 5.56 Å². The summed E-state index contributed by atoms with van der Waals surface area (Å²) in [5, 5.41) is 20.4. The number of H-pyrrole nitrogens is 1. The number of hydrogen-bond acceptors (Lipinski definition) is 3. The van der Waals surface area contributed by atoms with Crippen LogP contribution < -0.4 is 5.46 Å². The van der Waals surface area contributed by atoms with E-state index in [1.807, 2.05) is 24.3 Å². The molecule has 3 N–H and O–H groups in total. The number of aromatic nitrogens is 1. The smallest absolute Gasteiger partial charge is 0.423 e. The van der Waals surface area contributed by atoms with Gasteiger partial charge in [0.05, 0.1) is 5.03 Å². The van der Waals surface area contributed by atoms with Crippen LogP contribution in [-0.4, -0.2) is 22.2 Å². The van der Waals surface area contributed by atoms with E-state index in [1.54, 1.807) is 23.9 Å². The molecule has 5 heteroatoms. The lowest BCUT2D eigenvalue weighted by molar-refractivity contribution is 0.426. The summed E-state index contributed by atoms with van der Waals surface area (Å²) in [7, 11) is -1.40. The monoisotopic (exact) mass is 283 g/mol. The highest BCUT2D eigenvalue weighted by Crippen LogP contribution is 2.25. The number of benzene rings is 2. The Morgan fingerprint density at radius 1 is 1.00 bits per heavy atom. The average molecular weight is 283 g/mol. The molecule has 0 unspecified atom stereocenters. The fourth-order valence-electron chi connectivity index (χ4n) is 2.07. The molecule has 1 heterocycles. The van der Waals surface area contributed by atoms with E-state index < -0.39 is 7.12 Å². The van der Waals surface area contributed by atoms with Crippen LogP contribution in [0.3, 0.4) is 0 Å². The van der Waals surface area contributed by atoms with Gasteiger partial charge in [0.2, 0.25) is 0 Å². The zero-order valence-electron chi connectivity index (χ0n) is 10.8. The second-order valence-electron chi connectivity index (χ2n) is 4.62. The van der Waals surface area contributed by atoms with Crippen LogP contribution >= 0.6 is 11.8 Å². The van der Waals surface area contributed by atoms with Crippen molar-refractivity contribution in [3.8, 4) is 0 Å². The third-order valence-corrected chi connectivity index (χ3v) is 4.19. The number of nitrogens with one attached hydrogen (secondary N) is 1. The van der Waals surface area contributed by atoms with Gasteiger partial charge in [-0.05, 0) is 23.2 Å². The van der Waals surface area contributed by atoms with E-state index in [0.29, 0.717) is 5.46 Å². The molecule has 1 aromatic heterocycles. The molecular weight excluding hydrogens is 269 g/mol. The van der Waals surface area contributed by atoms with E-state index >= 15 is 0 Å². The van der Waals surface area contributed by atoms with Gasteiger partial charge in [0.25, 0.3) is 0 Å². The number of aromatic amines is 1.